The van der Waals surface area contributed by atoms with E-state index in [4.69, 9.17) is 22.1 Å². The fraction of sp³-hybridized carbons (Fsp3) is 0.227. The molecule has 0 spiro atoms. The minimum atomic E-state index is -0.360. The number of ether oxygens (including phenoxy) is 1. The highest BCUT2D eigenvalue weighted by molar-refractivity contribution is 7.19. The van der Waals surface area contributed by atoms with Gasteiger partial charge in [0.25, 0.3) is 5.56 Å². The molecule has 31 heavy (non-hydrogen) atoms. The van der Waals surface area contributed by atoms with Crippen molar-refractivity contribution in [2.24, 2.45) is 12.8 Å². The number of halogens is 1. The maximum Gasteiger partial charge on any atom is 0.331 e. The summed E-state index contributed by atoms with van der Waals surface area (Å²) in [4.78, 5) is 29.9. The topological polar surface area (TPSA) is 92.1 Å². The van der Waals surface area contributed by atoms with E-state index in [0.29, 0.717) is 18.2 Å². The van der Waals surface area contributed by atoms with Crippen LogP contribution in [0.25, 0.3) is 21.3 Å². The third-order valence-corrected chi connectivity index (χ3v) is 6.27. The van der Waals surface area contributed by atoms with Crippen molar-refractivity contribution in [2.45, 2.75) is 13.5 Å². The van der Waals surface area contributed by atoms with Crippen LogP contribution in [-0.2, 0) is 13.6 Å². The molecule has 4 aromatic rings. The van der Waals surface area contributed by atoms with Crippen LogP contribution in [0, 0.1) is 6.92 Å². The number of nitrogens with zero attached hydrogens (tertiary/aromatic N) is 3. The van der Waals surface area contributed by atoms with Gasteiger partial charge in [-0.15, -0.1) is 11.3 Å². The second-order valence-electron chi connectivity index (χ2n) is 7.16. The molecule has 3 aromatic heterocycles. The number of rotatable bonds is 6. The Morgan fingerprint density at radius 2 is 2.00 bits per heavy atom. The fourth-order valence-corrected chi connectivity index (χ4v) is 4.88. The van der Waals surface area contributed by atoms with E-state index in [2.05, 4.69) is 4.98 Å². The molecule has 0 atom stereocenters. The largest absolute Gasteiger partial charge is 0.491 e. The van der Waals surface area contributed by atoms with Gasteiger partial charge in [-0.3, -0.25) is 14.3 Å². The van der Waals surface area contributed by atoms with Gasteiger partial charge < -0.3 is 15.0 Å². The molecular weight excluding hydrogens is 436 g/mol. The number of benzene rings is 1. The summed E-state index contributed by atoms with van der Waals surface area (Å²) in [5.41, 5.74) is 8.41. The summed E-state index contributed by atoms with van der Waals surface area (Å²) in [6.45, 7) is 2.91. The Balaban J connectivity index is 1.85. The van der Waals surface area contributed by atoms with Crippen LogP contribution in [0.4, 0.5) is 0 Å². The Kier molecular flexibility index (Phi) is 5.95. The predicted molar refractivity (Wildman–Crippen MR) is 124 cm³/mol. The fourth-order valence-electron chi connectivity index (χ4n) is 3.48. The van der Waals surface area contributed by atoms with Gasteiger partial charge in [0.2, 0.25) is 0 Å². The Hall–Kier alpha value is -2.94. The molecule has 0 bridgehead atoms. The van der Waals surface area contributed by atoms with Crippen molar-refractivity contribution in [2.75, 3.05) is 13.2 Å². The van der Waals surface area contributed by atoms with Crippen LogP contribution in [-0.4, -0.2) is 27.3 Å². The molecule has 0 aliphatic carbocycles. The van der Waals surface area contributed by atoms with Crippen molar-refractivity contribution < 1.29 is 4.74 Å². The smallest absolute Gasteiger partial charge is 0.331 e. The third-order valence-electron chi connectivity index (χ3n) is 4.91. The highest BCUT2D eigenvalue weighted by atomic mass is 35.5. The zero-order valence-corrected chi connectivity index (χ0v) is 18.7. The van der Waals surface area contributed by atoms with E-state index in [-0.39, 0.29) is 17.8 Å². The van der Waals surface area contributed by atoms with Gasteiger partial charge in [0, 0.05) is 53.1 Å². The molecule has 2 N–H and O–H groups in total. The summed E-state index contributed by atoms with van der Waals surface area (Å²) in [6.07, 6.45) is 3.20. The standard InChI is InChI=1S/C22H21ClN4O3S/c1-13-9-14(23)10-17(20(13)30-8-5-24)16-3-6-25-18-11-15(31-21(16)18)12-27-19(28)4-7-26(2)22(27)29/h3-4,6-7,9-11H,5,8,12,24H2,1-2H3. The summed E-state index contributed by atoms with van der Waals surface area (Å²) >= 11 is 7.84. The van der Waals surface area contributed by atoms with Gasteiger partial charge >= 0.3 is 5.69 Å². The lowest BCUT2D eigenvalue weighted by atomic mass is 10.0. The van der Waals surface area contributed by atoms with E-state index >= 15 is 0 Å². The van der Waals surface area contributed by atoms with E-state index in [0.717, 1.165) is 37.5 Å². The van der Waals surface area contributed by atoms with Crippen molar-refractivity contribution in [1.82, 2.24) is 14.1 Å². The van der Waals surface area contributed by atoms with Crippen molar-refractivity contribution >= 4 is 33.2 Å². The zero-order valence-electron chi connectivity index (χ0n) is 17.1. The van der Waals surface area contributed by atoms with Gasteiger partial charge in [-0.2, -0.15) is 0 Å². The summed E-state index contributed by atoms with van der Waals surface area (Å²) in [5, 5.41) is 0.605. The van der Waals surface area contributed by atoms with Gasteiger partial charge in [-0.25, -0.2) is 4.79 Å². The summed E-state index contributed by atoms with van der Waals surface area (Å²) in [5.74, 6) is 0.727. The van der Waals surface area contributed by atoms with Crippen molar-refractivity contribution in [1.29, 1.82) is 0 Å². The number of fused-ring (bicyclic) bond motifs is 1. The molecule has 0 saturated carbocycles. The van der Waals surface area contributed by atoms with Crippen molar-refractivity contribution in [3.63, 3.8) is 0 Å². The van der Waals surface area contributed by atoms with Crippen molar-refractivity contribution in [3.8, 4) is 16.9 Å². The Bertz CT molecular complexity index is 1390. The molecule has 7 nitrogen and oxygen atoms in total. The third kappa shape index (κ3) is 4.14. The number of hydrogen-bond donors (Lipinski definition) is 1. The molecule has 0 fully saturated rings. The number of pyridine rings is 1. The minimum Gasteiger partial charge on any atom is -0.491 e. The van der Waals surface area contributed by atoms with Crippen molar-refractivity contribution in [3.05, 3.63) is 79.0 Å². The van der Waals surface area contributed by atoms with E-state index in [1.165, 1.54) is 32.7 Å². The first kappa shape index (κ1) is 21.3. The SMILES string of the molecule is Cc1cc(Cl)cc(-c2ccnc3cc(Cn4c(=O)ccn(C)c4=O)sc23)c1OCCN. The van der Waals surface area contributed by atoms with E-state index in [1.807, 2.05) is 31.2 Å². The van der Waals surface area contributed by atoms with Crippen LogP contribution in [0.3, 0.4) is 0 Å². The highest BCUT2D eigenvalue weighted by Crippen LogP contribution is 2.41. The number of hydrogen-bond acceptors (Lipinski definition) is 6. The van der Waals surface area contributed by atoms with Crippen LogP contribution in [0.2, 0.25) is 5.02 Å². The normalized spacial score (nSPS) is 11.2. The molecule has 0 aliphatic heterocycles. The summed E-state index contributed by atoms with van der Waals surface area (Å²) in [7, 11) is 1.62. The average molecular weight is 457 g/mol. The number of nitrogens with two attached hydrogens (primary N) is 1. The van der Waals surface area contributed by atoms with Crippen LogP contribution in [0.15, 0.2) is 52.3 Å². The van der Waals surface area contributed by atoms with Crippen LogP contribution >= 0.6 is 22.9 Å². The van der Waals surface area contributed by atoms with E-state index < -0.39 is 0 Å². The molecular formula is C22H21ClN4O3S. The molecule has 0 unspecified atom stereocenters. The Labute approximate surface area is 187 Å². The van der Waals surface area contributed by atoms with Gasteiger partial charge in [-0.05, 0) is 36.8 Å². The number of thiophene rings is 1. The molecule has 9 heteroatoms. The quantitative estimate of drug-likeness (QED) is 0.481. The molecule has 1 aromatic carbocycles. The predicted octanol–water partition coefficient (Wildman–Crippen LogP) is 3.17. The molecule has 4 rings (SSSR count). The first-order valence-electron chi connectivity index (χ1n) is 9.66. The molecule has 160 valence electrons. The first-order valence-corrected chi connectivity index (χ1v) is 10.9. The molecule has 3 heterocycles. The molecule has 0 radical (unpaired) electrons. The zero-order chi connectivity index (χ0) is 22.1. The molecule has 0 saturated heterocycles. The van der Waals surface area contributed by atoms with E-state index in [9.17, 15) is 9.59 Å². The maximum absolute atomic E-state index is 12.4. The lowest BCUT2D eigenvalue weighted by Gasteiger charge is -2.15. The van der Waals surface area contributed by atoms with Gasteiger partial charge in [0.05, 0.1) is 16.8 Å². The highest BCUT2D eigenvalue weighted by Gasteiger charge is 2.17. The van der Waals surface area contributed by atoms with Crippen LogP contribution in [0.1, 0.15) is 10.4 Å². The molecule has 0 aliphatic rings. The molecule has 0 amide bonds. The lowest BCUT2D eigenvalue weighted by molar-refractivity contribution is 0.327. The van der Waals surface area contributed by atoms with Crippen LogP contribution < -0.4 is 21.7 Å². The van der Waals surface area contributed by atoms with Crippen LogP contribution in [0.5, 0.6) is 5.75 Å². The van der Waals surface area contributed by atoms with E-state index in [1.54, 1.807) is 13.2 Å². The second-order valence-corrected chi connectivity index (χ2v) is 8.73. The van der Waals surface area contributed by atoms with Gasteiger partial charge in [0.1, 0.15) is 12.4 Å². The lowest BCUT2D eigenvalue weighted by Crippen LogP contribution is -2.37. The number of aromatic nitrogens is 3. The summed E-state index contributed by atoms with van der Waals surface area (Å²) in [6, 6.07) is 8.92. The maximum atomic E-state index is 12.4. The average Bonchev–Trinajstić information content (AvgIpc) is 3.15. The monoisotopic (exact) mass is 456 g/mol. The summed E-state index contributed by atoms with van der Waals surface area (Å²) < 4.78 is 9.46. The van der Waals surface area contributed by atoms with Gasteiger partial charge in [0.15, 0.2) is 0 Å². The minimum absolute atomic E-state index is 0.178. The Morgan fingerprint density at radius 1 is 1.19 bits per heavy atom. The second kappa shape index (κ2) is 8.66. The number of aryl methyl sites for hydroxylation is 2. The first-order chi connectivity index (χ1) is 14.9. The Morgan fingerprint density at radius 3 is 2.77 bits per heavy atom. The van der Waals surface area contributed by atoms with Gasteiger partial charge in [-0.1, -0.05) is 11.6 Å².